The van der Waals surface area contributed by atoms with Gasteiger partial charge in [-0.25, -0.2) is 13.8 Å². The van der Waals surface area contributed by atoms with Gasteiger partial charge < -0.3 is 15.1 Å². The summed E-state index contributed by atoms with van der Waals surface area (Å²) < 4.78 is 32.8. The van der Waals surface area contributed by atoms with Crippen LogP contribution in [-0.2, 0) is 13.0 Å². The van der Waals surface area contributed by atoms with Crippen LogP contribution in [-0.4, -0.2) is 10.9 Å². The molecule has 0 spiro atoms. The van der Waals surface area contributed by atoms with E-state index in [0.717, 1.165) is 11.1 Å². The number of carbonyl (C=O) groups is 1. The van der Waals surface area contributed by atoms with E-state index in [4.69, 9.17) is 16.0 Å². The molecule has 28 heavy (non-hydrogen) atoms. The maximum atomic E-state index is 14.5. The number of anilines is 1. The van der Waals surface area contributed by atoms with Gasteiger partial charge in [0.1, 0.15) is 11.6 Å². The van der Waals surface area contributed by atoms with E-state index in [1.807, 2.05) is 0 Å². The Balaban J connectivity index is 1.52. The fourth-order valence-corrected chi connectivity index (χ4v) is 3.64. The van der Waals surface area contributed by atoms with Crippen LogP contribution in [0.2, 0.25) is 5.02 Å². The van der Waals surface area contributed by atoms with Crippen LogP contribution in [0, 0.1) is 11.6 Å². The molecule has 144 valence electrons. The van der Waals surface area contributed by atoms with Crippen LogP contribution in [0.15, 0.2) is 47.3 Å². The monoisotopic (exact) mass is 403 g/mol. The predicted molar refractivity (Wildman–Crippen MR) is 100 cm³/mol. The highest BCUT2D eigenvalue weighted by atomic mass is 35.5. The Hall–Kier alpha value is -2.93. The fraction of sp³-hybridized carbons (Fsp3) is 0.200. The average molecular weight is 404 g/mol. The lowest BCUT2D eigenvalue weighted by atomic mass is 10.0. The van der Waals surface area contributed by atoms with Gasteiger partial charge in [0.2, 0.25) is 5.76 Å². The molecule has 0 bridgehead atoms. The molecule has 1 aliphatic rings. The van der Waals surface area contributed by atoms with Crippen molar-refractivity contribution >= 4 is 23.2 Å². The van der Waals surface area contributed by atoms with Crippen LogP contribution < -0.4 is 10.6 Å². The standard InChI is InChI=1S/C20H16ClF2N3O2/c21-14-7-12(2-5-15(14)22)25-8-11-1-4-16(23)19-13(11)3-6-17(19)26-20(27)18-9-24-10-28-18/h1-2,4-5,7,9-10,17,25H,3,6,8H2,(H,26,27)/t17-/m0/s1. The molecule has 2 aromatic carbocycles. The summed E-state index contributed by atoms with van der Waals surface area (Å²) in [5.41, 5.74) is 2.93. The molecule has 0 aliphatic heterocycles. The number of rotatable bonds is 5. The number of nitrogens with one attached hydrogen (secondary N) is 2. The Kier molecular flexibility index (Phi) is 5.00. The second kappa shape index (κ2) is 7.59. The van der Waals surface area contributed by atoms with Crippen molar-refractivity contribution < 1.29 is 18.0 Å². The molecular formula is C20H16ClF2N3O2. The Labute approximate surface area is 164 Å². The number of nitrogens with zero attached hydrogens (tertiary/aromatic N) is 1. The quantitative estimate of drug-likeness (QED) is 0.651. The molecule has 0 saturated heterocycles. The molecule has 1 atom stereocenters. The Morgan fingerprint density at radius 1 is 1.25 bits per heavy atom. The van der Waals surface area contributed by atoms with E-state index in [1.165, 1.54) is 30.8 Å². The third-order valence-electron chi connectivity index (χ3n) is 4.80. The second-order valence-electron chi connectivity index (χ2n) is 6.51. The largest absolute Gasteiger partial charge is 0.438 e. The van der Waals surface area contributed by atoms with Crippen LogP contribution in [0.1, 0.15) is 39.7 Å². The van der Waals surface area contributed by atoms with Crippen LogP contribution in [0.4, 0.5) is 14.5 Å². The first-order valence-electron chi connectivity index (χ1n) is 8.71. The maximum Gasteiger partial charge on any atom is 0.289 e. The molecule has 4 rings (SSSR count). The number of hydrogen-bond acceptors (Lipinski definition) is 4. The smallest absolute Gasteiger partial charge is 0.289 e. The minimum atomic E-state index is -0.486. The molecule has 0 radical (unpaired) electrons. The van der Waals surface area contributed by atoms with E-state index in [0.29, 0.717) is 30.6 Å². The highest BCUT2D eigenvalue weighted by Crippen LogP contribution is 2.36. The first-order chi connectivity index (χ1) is 13.5. The summed E-state index contributed by atoms with van der Waals surface area (Å²) in [6.45, 7) is 0.424. The van der Waals surface area contributed by atoms with Gasteiger partial charge in [0.15, 0.2) is 6.39 Å². The van der Waals surface area contributed by atoms with E-state index in [1.54, 1.807) is 12.1 Å². The summed E-state index contributed by atoms with van der Waals surface area (Å²) in [5.74, 6) is -1.19. The zero-order chi connectivity index (χ0) is 19.7. The first-order valence-corrected chi connectivity index (χ1v) is 9.09. The van der Waals surface area contributed by atoms with Crippen LogP contribution in [0.25, 0.3) is 0 Å². The molecule has 3 aromatic rings. The van der Waals surface area contributed by atoms with Crippen LogP contribution in [0.3, 0.4) is 0 Å². The summed E-state index contributed by atoms with van der Waals surface area (Å²) >= 11 is 5.80. The lowest BCUT2D eigenvalue weighted by molar-refractivity contribution is 0.0908. The maximum absolute atomic E-state index is 14.5. The zero-order valence-corrected chi connectivity index (χ0v) is 15.4. The molecule has 8 heteroatoms. The molecule has 0 saturated carbocycles. The van der Waals surface area contributed by atoms with Gasteiger partial charge in [-0.3, -0.25) is 4.79 Å². The van der Waals surface area contributed by atoms with Gasteiger partial charge in [0, 0.05) is 17.8 Å². The van der Waals surface area contributed by atoms with Crippen molar-refractivity contribution in [3.63, 3.8) is 0 Å². The van der Waals surface area contributed by atoms with E-state index < -0.39 is 17.8 Å². The van der Waals surface area contributed by atoms with Gasteiger partial charge in [0.25, 0.3) is 5.91 Å². The number of hydrogen-bond donors (Lipinski definition) is 2. The summed E-state index contributed by atoms with van der Waals surface area (Å²) in [4.78, 5) is 15.9. The Bertz CT molecular complexity index is 1020. The van der Waals surface area contributed by atoms with Gasteiger partial charge in [-0.15, -0.1) is 0 Å². The summed E-state index contributed by atoms with van der Waals surface area (Å²) in [5, 5.41) is 6.00. The van der Waals surface area contributed by atoms with E-state index in [-0.39, 0.29) is 16.6 Å². The minimum absolute atomic E-state index is 0.0320. The molecule has 2 N–H and O–H groups in total. The van der Waals surface area contributed by atoms with Crippen molar-refractivity contribution in [2.45, 2.75) is 25.4 Å². The van der Waals surface area contributed by atoms with E-state index >= 15 is 0 Å². The van der Waals surface area contributed by atoms with Gasteiger partial charge >= 0.3 is 0 Å². The average Bonchev–Trinajstić information content (AvgIpc) is 3.35. The molecule has 1 aromatic heterocycles. The summed E-state index contributed by atoms with van der Waals surface area (Å²) in [6.07, 6.45) is 3.71. The molecule has 0 fully saturated rings. The number of halogens is 3. The molecule has 5 nitrogen and oxygen atoms in total. The van der Waals surface area contributed by atoms with Crippen molar-refractivity contribution in [1.82, 2.24) is 10.3 Å². The van der Waals surface area contributed by atoms with Gasteiger partial charge in [0.05, 0.1) is 17.3 Å². The lowest BCUT2D eigenvalue weighted by Gasteiger charge is -2.16. The molecular weight excluding hydrogens is 388 g/mol. The molecule has 0 unspecified atom stereocenters. The van der Waals surface area contributed by atoms with E-state index in [2.05, 4.69) is 15.6 Å². The van der Waals surface area contributed by atoms with Crippen molar-refractivity contribution in [2.24, 2.45) is 0 Å². The van der Waals surface area contributed by atoms with Crippen molar-refractivity contribution in [1.29, 1.82) is 0 Å². The van der Waals surface area contributed by atoms with Crippen molar-refractivity contribution in [3.05, 3.63) is 82.0 Å². The van der Waals surface area contributed by atoms with Gasteiger partial charge in [-0.05, 0) is 48.2 Å². The summed E-state index contributed by atoms with van der Waals surface area (Å²) in [7, 11) is 0. The minimum Gasteiger partial charge on any atom is -0.438 e. The third-order valence-corrected chi connectivity index (χ3v) is 5.09. The number of oxazole rings is 1. The molecule has 1 amide bonds. The number of fused-ring (bicyclic) bond motifs is 1. The van der Waals surface area contributed by atoms with Crippen LogP contribution >= 0.6 is 11.6 Å². The lowest BCUT2D eigenvalue weighted by Crippen LogP contribution is -2.27. The topological polar surface area (TPSA) is 67.2 Å². The zero-order valence-electron chi connectivity index (χ0n) is 14.6. The number of amides is 1. The summed E-state index contributed by atoms with van der Waals surface area (Å²) in [6, 6.07) is 7.05. The molecule has 1 heterocycles. The Morgan fingerprint density at radius 3 is 2.82 bits per heavy atom. The predicted octanol–water partition coefficient (Wildman–Crippen LogP) is 4.64. The molecule has 1 aliphatic carbocycles. The second-order valence-corrected chi connectivity index (χ2v) is 6.92. The highest BCUT2D eigenvalue weighted by Gasteiger charge is 2.30. The van der Waals surface area contributed by atoms with Crippen molar-refractivity contribution in [2.75, 3.05) is 5.32 Å². The fourth-order valence-electron chi connectivity index (χ4n) is 3.46. The van der Waals surface area contributed by atoms with E-state index in [9.17, 15) is 13.6 Å². The first kappa shape index (κ1) is 18.4. The normalized spacial score (nSPS) is 15.3. The number of carbonyl (C=O) groups excluding carboxylic acids is 1. The number of benzene rings is 2. The highest BCUT2D eigenvalue weighted by molar-refractivity contribution is 6.31. The SMILES string of the molecule is O=C(N[C@H]1CCc2c(CNc3ccc(F)c(Cl)c3)ccc(F)c21)c1cnco1. The van der Waals surface area contributed by atoms with Crippen LogP contribution in [0.5, 0.6) is 0 Å². The van der Waals surface area contributed by atoms with Crippen molar-refractivity contribution in [3.8, 4) is 0 Å². The third kappa shape index (κ3) is 3.57. The van der Waals surface area contributed by atoms with Gasteiger partial charge in [-0.2, -0.15) is 0 Å². The number of aromatic nitrogens is 1. The van der Waals surface area contributed by atoms with Gasteiger partial charge in [-0.1, -0.05) is 17.7 Å². The Morgan fingerprint density at radius 2 is 2.07 bits per heavy atom.